The molecular weight excluding hydrogens is 376 g/mol. The third-order valence-electron chi connectivity index (χ3n) is 5.26. The Labute approximate surface area is 167 Å². The Morgan fingerprint density at radius 1 is 1.25 bits per heavy atom. The number of nitrogens with zero attached hydrogens (tertiary/aromatic N) is 3. The monoisotopic (exact) mass is 398 g/mol. The third kappa shape index (κ3) is 2.87. The Morgan fingerprint density at radius 2 is 2.07 bits per heavy atom. The van der Waals surface area contributed by atoms with Gasteiger partial charge in [0.15, 0.2) is 17.3 Å². The second-order valence-electron chi connectivity index (χ2n) is 7.36. The van der Waals surface area contributed by atoms with Crippen LogP contribution in [0, 0.1) is 5.92 Å². The van der Waals surface area contributed by atoms with Crippen LogP contribution in [0.5, 0.6) is 11.5 Å². The molecule has 0 saturated carbocycles. The lowest BCUT2D eigenvalue weighted by atomic mass is 9.81. The second kappa shape index (κ2) is 6.84. The summed E-state index contributed by atoms with van der Waals surface area (Å²) in [5, 5.41) is 8.80. The number of hydrogen-bond acceptors (Lipinski definition) is 7. The smallest absolute Gasteiger partial charge is 0.227 e. The van der Waals surface area contributed by atoms with Crippen molar-refractivity contribution >= 4 is 23.5 Å². The largest absolute Gasteiger partial charge is 0.486 e. The molecule has 3 aliphatic rings. The fourth-order valence-electron chi connectivity index (χ4n) is 4.12. The number of anilines is 1. The Morgan fingerprint density at radius 3 is 2.89 bits per heavy atom. The lowest BCUT2D eigenvalue weighted by Gasteiger charge is -2.34. The molecule has 2 aromatic rings. The number of fused-ring (bicyclic) bond motifs is 2. The molecule has 8 heteroatoms. The van der Waals surface area contributed by atoms with Gasteiger partial charge in [-0.1, -0.05) is 31.7 Å². The molecule has 3 heterocycles. The van der Waals surface area contributed by atoms with Crippen LogP contribution in [0.15, 0.2) is 34.6 Å². The Kier molecular flexibility index (Phi) is 4.30. The van der Waals surface area contributed by atoms with E-state index in [0.717, 1.165) is 34.8 Å². The lowest BCUT2D eigenvalue weighted by molar-refractivity contribution is -0.117. The molecule has 0 spiro atoms. The minimum absolute atomic E-state index is 0.173. The molecule has 0 radical (unpaired) electrons. The molecule has 1 N–H and O–H groups in total. The molecular formula is C20H22N4O3S. The van der Waals surface area contributed by atoms with Crippen molar-refractivity contribution in [1.82, 2.24) is 14.8 Å². The topological polar surface area (TPSA) is 78.3 Å². The van der Waals surface area contributed by atoms with Gasteiger partial charge >= 0.3 is 0 Å². The molecule has 1 aliphatic carbocycles. The maximum absolute atomic E-state index is 13.0. The van der Waals surface area contributed by atoms with E-state index in [1.54, 1.807) is 11.8 Å². The third-order valence-corrected chi connectivity index (χ3v) is 5.98. The highest BCUT2D eigenvalue weighted by Crippen LogP contribution is 2.43. The summed E-state index contributed by atoms with van der Waals surface area (Å²) in [7, 11) is 0. The first-order valence-corrected chi connectivity index (χ1v) is 10.6. The van der Waals surface area contributed by atoms with Crippen molar-refractivity contribution in [2.24, 2.45) is 5.92 Å². The molecule has 2 aliphatic heterocycles. The predicted molar refractivity (Wildman–Crippen MR) is 106 cm³/mol. The Bertz CT molecular complexity index is 984. The highest BCUT2D eigenvalue weighted by molar-refractivity contribution is 7.99. The number of carbonyl (C=O) groups is 1. The number of hydrogen-bond donors (Lipinski definition) is 1. The van der Waals surface area contributed by atoms with Gasteiger partial charge in [-0.05, 0) is 35.8 Å². The van der Waals surface area contributed by atoms with E-state index in [2.05, 4.69) is 24.1 Å². The first-order chi connectivity index (χ1) is 13.6. The number of thioether (sulfide) groups is 1. The summed E-state index contributed by atoms with van der Waals surface area (Å²) in [6.07, 6.45) is 1.40. The molecule has 0 bridgehead atoms. The zero-order chi connectivity index (χ0) is 19.3. The quantitative estimate of drug-likeness (QED) is 0.794. The van der Waals surface area contributed by atoms with Crippen LogP contribution < -0.4 is 14.8 Å². The molecule has 1 aromatic carbocycles. The molecule has 1 aromatic heterocycles. The van der Waals surface area contributed by atoms with E-state index in [1.807, 2.05) is 22.9 Å². The zero-order valence-electron chi connectivity index (χ0n) is 15.9. The van der Waals surface area contributed by atoms with Gasteiger partial charge in [0, 0.05) is 17.7 Å². The van der Waals surface area contributed by atoms with Crippen molar-refractivity contribution in [3.8, 4) is 11.5 Å². The van der Waals surface area contributed by atoms with Gasteiger partial charge in [-0.25, -0.2) is 4.68 Å². The van der Waals surface area contributed by atoms with Crippen molar-refractivity contribution in [3.63, 3.8) is 0 Å². The minimum Gasteiger partial charge on any atom is -0.486 e. The molecule has 7 nitrogen and oxygen atoms in total. The van der Waals surface area contributed by atoms with Crippen LogP contribution >= 0.6 is 11.8 Å². The summed E-state index contributed by atoms with van der Waals surface area (Å²) in [5.41, 5.74) is 2.72. The van der Waals surface area contributed by atoms with E-state index >= 15 is 0 Å². The average Bonchev–Trinajstić information content (AvgIpc) is 3.08. The fraction of sp³-hybridized carbons (Fsp3) is 0.450. The number of rotatable bonds is 3. The zero-order valence-corrected chi connectivity index (χ0v) is 16.7. The summed E-state index contributed by atoms with van der Waals surface area (Å²) in [6.45, 7) is 5.26. The van der Waals surface area contributed by atoms with Crippen molar-refractivity contribution < 1.29 is 14.3 Å². The Balaban J connectivity index is 1.65. The molecule has 0 fully saturated rings. The second-order valence-corrected chi connectivity index (χ2v) is 8.59. The fourth-order valence-corrected chi connectivity index (χ4v) is 4.67. The molecule has 146 valence electrons. The molecule has 0 amide bonds. The molecule has 28 heavy (non-hydrogen) atoms. The van der Waals surface area contributed by atoms with E-state index in [4.69, 9.17) is 14.6 Å². The minimum atomic E-state index is -0.305. The van der Waals surface area contributed by atoms with E-state index in [0.29, 0.717) is 42.4 Å². The number of ether oxygens (including phenoxy) is 2. The predicted octanol–water partition coefficient (Wildman–Crippen LogP) is 3.43. The number of Topliss-reactive ketones (excluding diaryl/α,β-unsaturated/α-hetero) is 1. The number of nitrogens with one attached hydrogen (secondary N) is 1. The van der Waals surface area contributed by atoms with Crippen LogP contribution in [0.4, 0.5) is 5.95 Å². The van der Waals surface area contributed by atoms with Crippen LogP contribution in [0.2, 0.25) is 0 Å². The maximum Gasteiger partial charge on any atom is 0.227 e. The lowest BCUT2D eigenvalue weighted by Crippen LogP contribution is -2.33. The molecule has 2 atom stereocenters. The van der Waals surface area contributed by atoms with Gasteiger partial charge < -0.3 is 14.8 Å². The van der Waals surface area contributed by atoms with Crippen molar-refractivity contribution in [2.45, 2.75) is 37.9 Å². The first kappa shape index (κ1) is 17.6. The van der Waals surface area contributed by atoms with E-state index in [1.165, 1.54) is 0 Å². The van der Waals surface area contributed by atoms with Crippen LogP contribution in [0.3, 0.4) is 0 Å². The number of aromatic nitrogens is 3. The van der Waals surface area contributed by atoms with Gasteiger partial charge in [0.05, 0.1) is 0 Å². The summed E-state index contributed by atoms with van der Waals surface area (Å²) in [4.78, 5) is 17.7. The van der Waals surface area contributed by atoms with E-state index < -0.39 is 0 Å². The molecule has 5 rings (SSSR count). The average molecular weight is 398 g/mol. The van der Waals surface area contributed by atoms with Gasteiger partial charge in [0.2, 0.25) is 11.1 Å². The Hall–Kier alpha value is -2.48. The van der Waals surface area contributed by atoms with Crippen LogP contribution in [-0.4, -0.2) is 39.5 Å². The highest BCUT2D eigenvalue weighted by atomic mass is 32.2. The molecule has 2 unspecified atom stereocenters. The summed E-state index contributed by atoms with van der Waals surface area (Å²) in [6, 6.07) is 5.58. The van der Waals surface area contributed by atoms with Gasteiger partial charge in [-0.15, -0.1) is 5.10 Å². The highest BCUT2D eigenvalue weighted by Gasteiger charge is 2.39. The number of benzene rings is 1. The number of allylic oxidation sites excluding steroid dienone is 2. The van der Waals surface area contributed by atoms with Crippen LogP contribution in [0.1, 0.15) is 38.3 Å². The standard InChI is InChI=1S/C20H22N4O3S/c1-3-28-20-22-19-21-13-8-11(2)9-14(25)17(13)18(24(19)23-20)12-4-5-15-16(10-12)27-7-6-26-15/h4-5,10-11,18H,3,6-9H2,1-2H3,(H,21,22,23). The van der Waals surface area contributed by atoms with Crippen molar-refractivity contribution in [2.75, 3.05) is 24.3 Å². The summed E-state index contributed by atoms with van der Waals surface area (Å²) < 4.78 is 13.3. The van der Waals surface area contributed by atoms with Gasteiger partial charge in [-0.2, -0.15) is 4.98 Å². The van der Waals surface area contributed by atoms with Crippen molar-refractivity contribution in [1.29, 1.82) is 0 Å². The van der Waals surface area contributed by atoms with Crippen molar-refractivity contribution in [3.05, 3.63) is 35.0 Å². The van der Waals surface area contributed by atoms with E-state index in [9.17, 15) is 4.79 Å². The van der Waals surface area contributed by atoms with Gasteiger partial charge in [-0.3, -0.25) is 4.79 Å². The SMILES string of the molecule is CCSc1nc2n(n1)C(c1ccc3c(c1)OCCO3)C1=C(CC(C)CC1=O)N2. The van der Waals surface area contributed by atoms with Gasteiger partial charge in [0.1, 0.15) is 19.3 Å². The number of ketones is 1. The summed E-state index contributed by atoms with van der Waals surface area (Å²) >= 11 is 1.59. The first-order valence-electron chi connectivity index (χ1n) is 9.66. The summed E-state index contributed by atoms with van der Waals surface area (Å²) in [5.74, 6) is 3.53. The molecule has 0 saturated heterocycles. The maximum atomic E-state index is 13.0. The van der Waals surface area contributed by atoms with Crippen LogP contribution in [0.25, 0.3) is 0 Å². The number of carbonyl (C=O) groups excluding carboxylic acids is 1. The van der Waals surface area contributed by atoms with E-state index in [-0.39, 0.29) is 11.8 Å². The van der Waals surface area contributed by atoms with Gasteiger partial charge in [0.25, 0.3) is 0 Å². The van der Waals surface area contributed by atoms with Crippen LogP contribution in [-0.2, 0) is 4.79 Å². The normalized spacial score (nSPS) is 23.1.